The van der Waals surface area contributed by atoms with Gasteiger partial charge in [-0.15, -0.1) is 0 Å². The largest absolute Gasteiger partial charge is 0.355 e. The molecule has 0 heterocycles. The van der Waals surface area contributed by atoms with Gasteiger partial charge in [-0.25, -0.2) is 12.7 Å². The van der Waals surface area contributed by atoms with E-state index in [2.05, 4.69) is 5.32 Å². The summed E-state index contributed by atoms with van der Waals surface area (Å²) in [5, 5.41) is 2.76. The van der Waals surface area contributed by atoms with Crippen LogP contribution in [0.3, 0.4) is 0 Å². The highest BCUT2D eigenvalue weighted by molar-refractivity contribution is 7.89. The minimum atomic E-state index is -3.60. The van der Waals surface area contributed by atoms with Crippen molar-refractivity contribution in [3.8, 4) is 0 Å². The number of amides is 2. The van der Waals surface area contributed by atoms with Crippen LogP contribution in [0, 0.1) is 0 Å². The zero-order valence-electron chi connectivity index (χ0n) is 18.3. The molecule has 0 bridgehead atoms. The molecule has 0 radical (unpaired) electrons. The molecule has 2 amide bonds. The Kier molecular flexibility index (Phi) is 9.21. The minimum Gasteiger partial charge on any atom is -0.355 e. The Morgan fingerprint density at radius 3 is 2.16 bits per heavy atom. The standard InChI is InChI=1S/C23H31N3O4S/c1-4-24-23(28)19(2)26(18-20-12-7-5-8-13-20)22(27)16-11-17-25(3)31(29,30)21-14-9-6-10-15-21/h5-10,12-15,19H,4,11,16-18H2,1-3H3,(H,24,28). The molecule has 31 heavy (non-hydrogen) atoms. The number of nitrogens with zero attached hydrogens (tertiary/aromatic N) is 2. The normalized spacial score (nSPS) is 12.4. The third-order valence-corrected chi connectivity index (χ3v) is 6.90. The maximum atomic E-state index is 13.0. The van der Waals surface area contributed by atoms with Crippen LogP contribution in [0.5, 0.6) is 0 Å². The number of rotatable bonds is 11. The molecule has 2 rings (SSSR count). The fourth-order valence-corrected chi connectivity index (χ4v) is 4.40. The third kappa shape index (κ3) is 6.90. The maximum Gasteiger partial charge on any atom is 0.242 e. The lowest BCUT2D eigenvalue weighted by Crippen LogP contribution is -2.47. The van der Waals surface area contributed by atoms with E-state index in [9.17, 15) is 18.0 Å². The van der Waals surface area contributed by atoms with Crippen LogP contribution in [-0.4, -0.2) is 55.6 Å². The topological polar surface area (TPSA) is 86.8 Å². The van der Waals surface area contributed by atoms with Crippen molar-refractivity contribution in [2.45, 2.75) is 44.2 Å². The van der Waals surface area contributed by atoms with Gasteiger partial charge in [0.2, 0.25) is 21.8 Å². The first-order valence-corrected chi connectivity index (χ1v) is 11.8. The molecule has 2 aromatic carbocycles. The molecule has 0 spiro atoms. The first kappa shape index (κ1) is 24.6. The molecule has 0 aliphatic heterocycles. The van der Waals surface area contributed by atoms with E-state index in [0.29, 0.717) is 19.5 Å². The van der Waals surface area contributed by atoms with Crippen LogP contribution >= 0.6 is 0 Å². The number of sulfonamides is 1. The van der Waals surface area contributed by atoms with Crippen LogP contribution in [-0.2, 0) is 26.2 Å². The zero-order chi connectivity index (χ0) is 22.9. The molecule has 0 aromatic heterocycles. The number of benzene rings is 2. The summed E-state index contributed by atoms with van der Waals surface area (Å²) < 4.78 is 26.5. The predicted molar refractivity (Wildman–Crippen MR) is 121 cm³/mol. The van der Waals surface area contributed by atoms with Gasteiger partial charge in [0.25, 0.3) is 0 Å². The molecule has 0 aliphatic carbocycles. The molecular weight excluding hydrogens is 414 g/mol. The number of hydrogen-bond donors (Lipinski definition) is 1. The first-order chi connectivity index (χ1) is 14.8. The van der Waals surface area contributed by atoms with Crippen LogP contribution in [0.25, 0.3) is 0 Å². The van der Waals surface area contributed by atoms with Crippen molar-refractivity contribution in [1.29, 1.82) is 0 Å². The van der Waals surface area contributed by atoms with Gasteiger partial charge in [-0.05, 0) is 38.0 Å². The molecular formula is C23H31N3O4S. The van der Waals surface area contributed by atoms with Crippen molar-refractivity contribution in [3.05, 3.63) is 66.2 Å². The van der Waals surface area contributed by atoms with Crippen molar-refractivity contribution < 1.29 is 18.0 Å². The summed E-state index contributed by atoms with van der Waals surface area (Å²) in [6, 6.07) is 17.1. The summed E-state index contributed by atoms with van der Waals surface area (Å²) in [7, 11) is -2.09. The molecule has 1 unspecified atom stereocenters. The van der Waals surface area contributed by atoms with Gasteiger partial charge >= 0.3 is 0 Å². The van der Waals surface area contributed by atoms with Crippen LogP contribution in [0.15, 0.2) is 65.6 Å². The molecule has 8 heteroatoms. The highest BCUT2D eigenvalue weighted by Crippen LogP contribution is 2.15. The van der Waals surface area contributed by atoms with Gasteiger partial charge in [0, 0.05) is 33.1 Å². The Bertz CT molecular complexity index is 949. The summed E-state index contributed by atoms with van der Waals surface area (Å²) >= 11 is 0. The molecule has 0 fully saturated rings. The van der Waals surface area contributed by atoms with Gasteiger partial charge in [-0.2, -0.15) is 0 Å². The minimum absolute atomic E-state index is 0.144. The van der Waals surface area contributed by atoms with Gasteiger partial charge in [-0.1, -0.05) is 48.5 Å². The van der Waals surface area contributed by atoms with Crippen molar-refractivity contribution in [2.24, 2.45) is 0 Å². The van der Waals surface area contributed by atoms with E-state index < -0.39 is 16.1 Å². The first-order valence-electron chi connectivity index (χ1n) is 10.4. The van der Waals surface area contributed by atoms with Crippen LogP contribution in [0.2, 0.25) is 0 Å². The molecule has 168 valence electrons. The van der Waals surface area contributed by atoms with Gasteiger partial charge < -0.3 is 10.2 Å². The zero-order valence-corrected chi connectivity index (χ0v) is 19.1. The fourth-order valence-electron chi connectivity index (χ4n) is 3.17. The van der Waals surface area contributed by atoms with Crippen LogP contribution in [0.4, 0.5) is 0 Å². The van der Waals surface area contributed by atoms with E-state index >= 15 is 0 Å². The predicted octanol–water partition coefficient (Wildman–Crippen LogP) is 2.64. The maximum absolute atomic E-state index is 13.0. The second-order valence-electron chi connectivity index (χ2n) is 7.32. The Labute approximate surface area is 185 Å². The third-order valence-electron chi connectivity index (χ3n) is 5.03. The van der Waals surface area contributed by atoms with Gasteiger partial charge in [0.1, 0.15) is 6.04 Å². The monoisotopic (exact) mass is 445 g/mol. The average molecular weight is 446 g/mol. The fraction of sp³-hybridized carbons (Fsp3) is 0.391. The highest BCUT2D eigenvalue weighted by Gasteiger charge is 2.26. The molecule has 7 nitrogen and oxygen atoms in total. The summed E-state index contributed by atoms with van der Waals surface area (Å²) in [4.78, 5) is 27.1. The summed E-state index contributed by atoms with van der Waals surface area (Å²) in [5.41, 5.74) is 0.927. The second kappa shape index (κ2) is 11.6. The molecule has 0 saturated heterocycles. The van der Waals surface area contributed by atoms with Gasteiger partial charge in [0.15, 0.2) is 0 Å². The summed E-state index contributed by atoms with van der Waals surface area (Å²) in [5.74, 6) is -0.399. The SMILES string of the molecule is CCNC(=O)C(C)N(Cc1ccccc1)C(=O)CCCN(C)S(=O)(=O)c1ccccc1. The lowest BCUT2D eigenvalue weighted by atomic mass is 10.1. The van der Waals surface area contributed by atoms with Crippen molar-refractivity contribution in [1.82, 2.24) is 14.5 Å². The number of carbonyl (C=O) groups is 2. The van der Waals surface area contributed by atoms with Crippen LogP contribution in [0.1, 0.15) is 32.3 Å². The van der Waals surface area contributed by atoms with E-state index in [0.717, 1.165) is 5.56 Å². The smallest absolute Gasteiger partial charge is 0.242 e. The van der Waals surface area contributed by atoms with E-state index in [1.54, 1.807) is 42.2 Å². The van der Waals surface area contributed by atoms with E-state index in [4.69, 9.17) is 0 Å². The quantitative estimate of drug-likeness (QED) is 0.576. The van der Waals surface area contributed by atoms with Crippen molar-refractivity contribution in [2.75, 3.05) is 20.1 Å². The van der Waals surface area contributed by atoms with Crippen LogP contribution < -0.4 is 5.32 Å². The van der Waals surface area contributed by atoms with Crippen molar-refractivity contribution in [3.63, 3.8) is 0 Å². The Balaban J connectivity index is 2.03. The molecule has 1 atom stereocenters. The van der Waals surface area contributed by atoms with E-state index in [-0.39, 0.29) is 29.7 Å². The average Bonchev–Trinajstić information content (AvgIpc) is 2.78. The summed E-state index contributed by atoms with van der Waals surface area (Å²) in [6.45, 7) is 4.54. The number of likely N-dealkylation sites (N-methyl/N-ethyl adjacent to an activating group) is 1. The van der Waals surface area contributed by atoms with Crippen molar-refractivity contribution >= 4 is 21.8 Å². The number of carbonyl (C=O) groups excluding carboxylic acids is 2. The van der Waals surface area contributed by atoms with Gasteiger partial charge in [0.05, 0.1) is 4.90 Å². The van der Waals surface area contributed by atoms with Gasteiger partial charge in [-0.3, -0.25) is 9.59 Å². The Morgan fingerprint density at radius 2 is 1.58 bits per heavy atom. The number of hydrogen-bond acceptors (Lipinski definition) is 4. The molecule has 2 aromatic rings. The molecule has 0 saturated carbocycles. The molecule has 0 aliphatic rings. The Morgan fingerprint density at radius 1 is 1.00 bits per heavy atom. The lowest BCUT2D eigenvalue weighted by Gasteiger charge is -2.29. The Hall–Kier alpha value is -2.71. The second-order valence-corrected chi connectivity index (χ2v) is 9.37. The van der Waals surface area contributed by atoms with E-state index in [1.807, 2.05) is 37.3 Å². The van der Waals surface area contributed by atoms with E-state index in [1.165, 1.54) is 11.4 Å². The lowest BCUT2D eigenvalue weighted by molar-refractivity contribution is -0.140. The number of nitrogens with one attached hydrogen (secondary N) is 1. The summed E-state index contributed by atoms with van der Waals surface area (Å²) in [6.07, 6.45) is 0.500. The highest BCUT2D eigenvalue weighted by atomic mass is 32.2. The molecule has 1 N–H and O–H groups in total.